The van der Waals surface area contributed by atoms with E-state index >= 15 is 0 Å². The van der Waals surface area contributed by atoms with Crippen LogP contribution in [-0.4, -0.2) is 85.9 Å². The lowest BCUT2D eigenvalue weighted by Gasteiger charge is -2.37. The molecule has 0 N–H and O–H groups in total. The number of likely N-dealkylation sites (tertiary alicyclic amines) is 1. The number of para-hydroxylation sites is 1. The zero-order valence-electron chi connectivity index (χ0n) is 15.5. The smallest absolute Gasteiger partial charge is 0.239 e. The monoisotopic (exact) mass is 362 g/mol. The van der Waals surface area contributed by atoms with Crippen LogP contribution in [-0.2, 0) is 9.59 Å². The van der Waals surface area contributed by atoms with Crippen molar-refractivity contribution in [3.63, 3.8) is 0 Å². The highest BCUT2D eigenvalue weighted by atomic mass is 19.1. The zero-order chi connectivity index (χ0) is 18.7. The van der Waals surface area contributed by atoms with Gasteiger partial charge in [-0.2, -0.15) is 0 Å². The molecule has 2 aliphatic heterocycles. The van der Waals surface area contributed by atoms with Gasteiger partial charge in [0.1, 0.15) is 5.82 Å². The molecule has 2 fully saturated rings. The molecule has 0 bridgehead atoms. The molecule has 0 aliphatic carbocycles. The number of piperazine rings is 1. The first-order valence-corrected chi connectivity index (χ1v) is 9.20. The van der Waals surface area contributed by atoms with Crippen LogP contribution in [0.5, 0.6) is 0 Å². The van der Waals surface area contributed by atoms with E-state index in [-0.39, 0.29) is 30.2 Å². The molecule has 3 rings (SSSR count). The van der Waals surface area contributed by atoms with Crippen LogP contribution in [0.1, 0.15) is 12.8 Å². The van der Waals surface area contributed by atoms with Crippen LogP contribution < -0.4 is 4.90 Å². The van der Waals surface area contributed by atoms with E-state index in [1.807, 2.05) is 20.8 Å². The summed E-state index contributed by atoms with van der Waals surface area (Å²) in [5, 5.41) is 0. The first-order valence-electron chi connectivity index (χ1n) is 9.20. The fourth-order valence-corrected chi connectivity index (χ4v) is 3.77. The highest BCUT2D eigenvalue weighted by molar-refractivity contribution is 5.84. The number of rotatable bonds is 4. The van der Waals surface area contributed by atoms with E-state index in [9.17, 15) is 14.0 Å². The molecule has 1 aromatic rings. The van der Waals surface area contributed by atoms with Crippen LogP contribution in [0.25, 0.3) is 0 Å². The molecule has 2 saturated heterocycles. The van der Waals surface area contributed by atoms with Crippen molar-refractivity contribution in [1.82, 2.24) is 14.7 Å². The van der Waals surface area contributed by atoms with Crippen molar-refractivity contribution in [2.75, 3.05) is 58.3 Å². The third-order valence-electron chi connectivity index (χ3n) is 5.25. The summed E-state index contributed by atoms with van der Waals surface area (Å²) in [7, 11) is 3.51. The van der Waals surface area contributed by atoms with Gasteiger partial charge in [0.05, 0.1) is 18.3 Å². The standard InChI is InChI=1S/C19H27FN4O2/c1-21(2)19(26)17-8-5-9-24(17)14-18(25)23-12-10-22(11-13-23)16-7-4-3-6-15(16)20/h3-4,6-7,17H,5,8-14H2,1-2H3. The van der Waals surface area contributed by atoms with Crippen molar-refractivity contribution in [1.29, 1.82) is 0 Å². The minimum Gasteiger partial charge on any atom is -0.366 e. The molecule has 7 heteroatoms. The molecule has 0 saturated carbocycles. The van der Waals surface area contributed by atoms with E-state index in [0.717, 1.165) is 19.4 Å². The molecular formula is C19H27FN4O2. The van der Waals surface area contributed by atoms with Gasteiger partial charge in [0, 0.05) is 40.3 Å². The van der Waals surface area contributed by atoms with Gasteiger partial charge < -0.3 is 14.7 Å². The Labute approximate surface area is 154 Å². The van der Waals surface area contributed by atoms with Gasteiger partial charge in [-0.25, -0.2) is 4.39 Å². The molecular weight excluding hydrogens is 335 g/mol. The predicted octanol–water partition coefficient (Wildman–Crippen LogP) is 1.03. The lowest BCUT2D eigenvalue weighted by atomic mass is 10.2. The third-order valence-corrected chi connectivity index (χ3v) is 5.25. The Hall–Kier alpha value is -2.15. The van der Waals surface area contributed by atoms with Gasteiger partial charge in [0.2, 0.25) is 11.8 Å². The molecule has 6 nitrogen and oxygen atoms in total. The van der Waals surface area contributed by atoms with Crippen LogP contribution >= 0.6 is 0 Å². The van der Waals surface area contributed by atoms with Crippen LogP contribution in [0.3, 0.4) is 0 Å². The molecule has 26 heavy (non-hydrogen) atoms. The largest absolute Gasteiger partial charge is 0.366 e. The zero-order valence-corrected chi connectivity index (χ0v) is 15.5. The molecule has 2 amide bonds. The van der Waals surface area contributed by atoms with Crippen molar-refractivity contribution in [3.05, 3.63) is 30.1 Å². The first kappa shape index (κ1) is 18.6. The quantitative estimate of drug-likeness (QED) is 0.803. The van der Waals surface area contributed by atoms with Gasteiger partial charge in [-0.15, -0.1) is 0 Å². The molecule has 142 valence electrons. The van der Waals surface area contributed by atoms with Crippen molar-refractivity contribution < 1.29 is 14.0 Å². The Morgan fingerprint density at radius 3 is 2.46 bits per heavy atom. The Morgan fingerprint density at radius 1 is 1.12 bits per heavy atom. The van der Waals surface area contributed by atoms with Gasteiger partial charge in [-0.05, 0) is 31.5 Å². The summed E-state index contributed by atoms with van der Waals surface area (Å²) in [5.74, 6) is -0.106. The van der Waals surface area contributed by atoms with Crippen LogP contribution in [0, 0.1) is 5.82 Å². The van der Waals surface area contributed by atoms with Gasteiger partial charge in [-0.1, -0.05) is 12.1 Å². The van der Waals surface area contributed by atoms with E-state index in [1.54, 1.807) is 31.1 Å². The fourth-order valence-electron chi connectivity index (χ4n) is 3.77. The summed E-state index contributed by atoms with van der Waals surface area (Å²) in [6.45, 7) is 3.45. The number of carbonyl (C=O) groups is 2. The number of nitrogens with zero attached hydrogens (tertiary/aromatic N) is 4. The van der Waals surface area contributed by atoms with Gasteiger partial charge >= 0.3 is 0 Å². The summed E-state index contributed by atoms with van der Waals surface area (Å²) in [4.78, 5) is 32.3. The number of anilines is 1. The molecule has 1 unspecified atom stereocenters. The van der Waals surface area contributed by atoms with Crippen molar-refractivity contribution in [2.45, 2.75) is 18.9 Å². The van der Waals surface area contributed by atoms with Crippen LogP contribution in [0.2, 0.25) is 0 Å². The number of amides is 2. The number of carbonyl (C=O) groups excluding carboxylic acids is 2. The Balaban J connectivity index is 1.54. The topological polar surface area (TPSA) is 47.1 Å². The number of halogens is 1. The lowest BCUT2D eigenvalue weighted by molar-refractivity contribution is -0.137. The molecule has 0 aromatic heterocycles. The summed E-state index contributed by atoms with van der Waals surface area (Å²) < 4.78 is 13.9. The highest BCUT2D eigenvalue weighted by Crippen LogP contribution is 2.21. The predicted molar refractivity (Wildman–Crippen MR) is 98.5 cm³/mol. The summed E-state index contributed by atoms with van der Waals surface area (Å²) in [5.41, 5.74) is 0.593. The third kappa shape index (κ3) is 3.98. The normalized spacial score (nSPS) is 21.1. The minimum absolute atomic E-state index is 0.0524. The minimum atomic E-state index is -0.227. The summed E-state index contributed by atoms with van der Waals surface area (Å²) in [6, 6.07) is 6.55. The summed E-state index contributed by atoms with van der Waals surface area (Å²) in [6.07, 6.45) is 1.75. The van der Waals surface area contributed by atoms with E-state index in [1.165, 1.54) is 6.07 Å². The van der Waals surface area contributed by atoms with Crippen molar-refractivity contribution >= 4 is 17.5 Å². The maximum Gasteiger partial charge on any atom is 0.239 e. The van der Waals surface area contributed by atoms with E-state index < -0.39 is 0 Å². The number of likely N-dealkylation sites (N-methyl/N-ethyl adjacent to an activating group) is 1. The number of hydrogen-bond acceptors (Lipinski definition) is 4. The maximum absolute atomic E-state index is 13.9. The van der Waals surface area contributed by atoms with Gasteiger partial charge in [0.25, 0.3) is 0 Å². The average molecular weight is 362 g/mol. The maximum atomic E-state index is 13.9. The number of hydrogen-bond donors (Lipinski definition) is 0. The van der Waals surface area contributed by atoms with Gasteiger partial charge in [-0.3, -0.25) is 14.5 Å². The highest BCUT2D eigenvalue weighted by Gasteiger charge is 2.34. The molecule has 2 heterocycles. The second kappa shape index (κ2) is 8.03. The first-order chi connectivity index (χ1) is 12.5. The number of benzene rings is 1. The van der Waals surface area contributed by atoms with Crippen molar-refractivity contribution in [3.8, 4) is 0 Å². The SMILES string of the molecule is CN(C)C(=O)C1CCCN1CC(=O)N1CCN(c2ccccc2F)CC1. The second-order valence-electron chi connectivity index (χ2n) is 7.18. The Kier molecular flexibility index (Phi) is 5.76. The van der Waals surface area contributed by atoms with Crippen LogP contribution in [0.15, 0.2) is 24.3 Å². The van der Waals surface area contributed by atoms with Crippen molar-refractivity contribution in [2.24, 2.45) is 0 Å². The van der Waals surface area contributed by atoms with E-state index in [4.69, 9.17) is 0 Å². The molecule has 0 spiro atoms. The Morgan fingerprint density at radius 2 is 1.81 bits per heavy atom. The Bertz CT molecular complexity index is 659. The summed E-state index contributed by atoms with van der Waals surface area (Å²) >= 11 is 0. The average Bonchev–Trinajstić information content (AvgIpc) is 3.09. The van der Waals surface area contributed by atoms with E-state index in [2.05, 4.69) is 0 Å². The van der Waals surface area contributed by atoms with Crippen LogP contribution in [0.4, 0.5) is 10.1 Å². The van der Waals surface area contributed by atoms with Gasteiger partial charge in [0.15, 0.2) is 0 Å². The molecule has 0 radical (unpaired) electrons. The second-order valence-corrected chi connectivity index (χ2v) is 7.18. The molecule has 1 atom stereocenters. The molecule has 2 aliphatic rings. The lowest BCUT2D eigenvalue weighted by Crippen LogP contribution is -2.53. The molecule has 1 aromatic carbocycles. The fraction of sp³-hybridized carbons (Fsp3) is 0.579. The van der Waals surface area contributed by atoms with E-state index in [0.29, 0.717) is 31.9 Å².